The van der Waals surface area contributed by atoms with Crippen molar-refractivity contribution in [1.29, 1.82) is 0 Å². The van der Waals surface area contributed by atoms with Crippen LogP contribution in [0.5, 0.6) is 0 Å². The summed E-state index contributed by atoms with van der Waals surface area (Å²) in [4.78, 5) is 2.53. The average molecular weight is 216 g/mol. The molecule has 0 aliphatic carbocycles. The molecule has 0 aromatic rings. The van der Waals surface area contributed by atoms with Crippen LogP contribution in [0.25, 0.3) is 0 Å². The Labute approximate surface area is 95.0 Å². The van der Waals surface area contributed by atoms with Gasteiger partial charge in [-0.15, -0.1) is 0 Å². The van der Waals surface area contributed by atoms with Crippen molar-refractivity contribution in [3.63, 3.8) is 0 Å². The predicted molar refractivity (Wildman–Crippen MR) is 66.1 cm³/mol. The maximum Gasteiger partial charge on any atom is 0.0589 e. The van der Waals surface area contributed by atoms with Gasteiger partial charge in [0.1, 0.15) is 0 Å². The summed E-state index contributed by atoms with van der Waals surface area (Å²) in [7, 11) is 1.76. The van der Waals surface area contributed by atoms with Crippen molar-refractivity contribution in [2.24, 2.45) is 5.73 Å². The largest absolute Gasteiger partial charge is 0.383 e. The Morgan fingerprint density at radius 1 is 1.27 bits per heavy atom. The molecule has 0 fully saturated rings. The van der Waals surface area contributed by atoms with Gasteiger partial charge in [0, 0.05) is 25.7 Å². The van der Waals surface area contributed by atoms with E-state index < -0.39 is 0 Å². The van der Waals surface area contributed by atoms with Crippen molar-refractivity contribution in [3.05, 3.63) is 0 Å². The summed E-state index contributed by atoms with van der Waals surface area (Å²) < 4.78 is 5.16. The van der Waals surface area contributed by atoms with Crippen LogP contribution in [0.4, 0.5) is 0 Å². The minimum absolute atomic E-state index is 0.610. The van der Waals surface area contributed by atoms with Crippen LogP contribution in [0.2, 0.25) is 0 Å². The van der Waals surface area contributed by atoms with Crippen molar-refractivity contribution < 1.29 is 4.74 Å². The zero-order valence-corrected chi connectivity index (χ0v) is 10.8. The maximum atomic E-state index is 5.54. The molecule has 0 spiro atoms. The number of rotatable bonds is 9. The molecule has 0 aromatic heterocycles. The van der Waals surface area contributed by atoms with E-state index in [1.807, 2.05) is 0 Å². The van der Waals surface area contributed by atoms with Crippen molar-refractivity contribution in [2.45, 2.75) is 52.1 Å². The molecule has 0 rings (SSSR count). The lowest BCUT2D eigenvalue weighted by molar-refractivity contribution is 0.0901. The fourth-order valence-electron chi connectivity index (χ4n) is 1.89. The average Bonchev–Trinajstić information content (AvgIpc) is 2.26. The molecule has 0 saturated heterocycles. The van der Waals surface area contributed by atoms with Gasteiger partial charge in [-0.1, -0.05) is 6.92 Å². The second-order valence-corrected chi connectivity index (χ2v) is 4.27. The van der Waals surface area contributed by atoms with Gasteiger partial charge in [-0.2, -0.15) is 0 Å². The third-order valence-corrected chi connectivity index (χ3v) is 3.10. The lowest BCUT2D eigenvalue weighted by atomic mass is 10.1. The molecule has 2 unspecified atom stereocenters. The summed E-state index contributed by atoms with van der Waals surface area (Å²) in [5.74, 6) is 0. The summed E-state index contributed by atoms with van der Waals surface area (Å²) in [6.07, 6.45) is 3.49. The van der Waals surface area contributed by atoms with E-state index in [1.54, 1.807) is 7.11 Å². The van der Waals surface area contributed by atoms with Crippen molar-refractivity contribution >= 4 is 0 Å². The molecule has 0 aliphatic rings. The highest BCUT2D eigenvalue weighted by Crippen LogP contribution is 2.12. The van der Waals surface area contributed by atoms with E-state index >= 15 is 0 Å². The van der Waals surface area contributed by atoms with Crippen molar-refractivity contribution in [3.8, 4) is 0 Å². The number of ether oxygens (including phenoxy) is 1. The van der Waals surface area contributed by atoms with Crippen LogP contribution < -0.4 is 5.73 Å². The Kier molecular flexibility index (Phi) is 9.06. The van der Waals surface area contributed by atoms with Gasteiger partial charge in [-0.3, -0.25) is 4.90 Å². The van der Waals surface area contributed by atoms with Crippen LogP contribution in [0.1, 0.15) is 40.0 Å². The molecule has 0 aromatic carbocycles. The minimum atomic E-state index is 0.610. The van der Waals surface area contributed by atoms with E-state index in [4.69, 9.17) is 10.5 Å². The summed E-state index contributed by atoms with van der Waals surface area (Å²) >= 11 is 0. The first-order chi connectivity index (χ1) is 7.17. The smallest absolute Gasteiger partial charge is 0.0589 e. The van der Waals surface area contributed by atoms with Crippen LogP contribution in [0.15, 0.2) is 0 Å². The number of nitrogens with zero attached hydrogens (tertiary/aromatic N) is 1. The van der Waals surface area contributed by atoms with E-state index in [1.165, 1.54) is 12.8 Å². The van der Waals surface area contributed by atoms with E-state index in [-0.39, 0.29) is 0 Å². The summed E-state index contributed by atoms with van der Waals surface area (Å²) in [5, 5.41) is 0. The molecule has 0 saturated carbocycles. The van der Waals surface area contributed by atoms with Crippen LogP contribution in [-0.4, -0.2) is 43.8 Å². The Hall–Kier alpha value is -0.120. The molecule has 0 bridgehead atoms. The number of nitrogens with two attached hydrogens (primary N) is 1. The first kappa shape index (κ1) is 14.9. The highest BCUT2D eigenvalue weighted by atomic mass is 16.5. The zero-order valence-electron chi connectivity index (χ0n) is 10.8. The van der Waals surface area contributed by atoms with Gasteiger partial charge in [0.15, 0.2) is 0 Å². The Morgan fingerprint density at radius 3 is 2.40 bits per heavy atom. The molecule has 2 N–H and O–H groups in total. The SMILES string of the molecule is CCC(C)N(CCOC)C(C)CCCN. The van der Waals surface area contributed by atoms with E-state index in [0.717, 1.165) is 26.1 Å². The first-order valence-corrected chi connectivity index (χ1v) is 6.12. The topological polar surface area (TPSA) is 38.5 Å². The molecule has 0 amide bonds. The molecule has 0 aliphatic heterocycles. The molecule has 92 valence electrons. The van der Waals surface area contributed by atoms with E-state index in [9.17, 15) is 0 Å². The second-order valence-electron chi connectivity index (χ2n) is 4.27. The molecule has 0 heterocycles. The zero-order chi connectivity index (χ0) is 11.7. The molecule has 15 heavy (non-hydrogen) atoms. The number of hydrogen-bond acceptors (Lipinski definition) is 3. The Bertz CT molecular complexity index is 142. The monoisotopic (exact) mass is 216 g/mol. The summed E-state index contributed by atoms with van der Waals surface area (Å²) in [6.45, 7) is 9.45. The van der Waals surface area contributed by atoms with Crippen LogP contribution in [0, 0.1) is 0 Å². The quantitative estimate of drug-likeness (QED) is 0.639. The first-order valence-electron chi connectivity index (χ1n) is 6.12. The van der Waals surface area contributed by atoms with Gasteiger partial charge in [0.2, 0.25) is 0 Å². The normalized spacial score (nSPS) is 15.6. The van der Waals surface area contributed by atoms with Crippen LogP contribution in [-0.2, 0) is 4.74 Å². The van der Waals surface area contributed by atoms with Gasteiger partial charge >= 0.3 is 0 Å². The number of hydrogen-bond donors (Lipinski definition) is 1. The van der Waals surface area contributed by atoms with Crippen molar-refractivity contribution in [1.82, 2.24) is 4.90 Å². The van der Waals surface area contributed by atoms with Crippen LogP contribution >= 0.6 is 0 Å². The lowest BCUT2D eigenvalue weighted by Crippen LogP contribution is -2.42. The summed E-state index contributed by atoms with van der Waals surface area (Å²) in [5.41, 5.74) is 5.54. The Morgan fingerprint density at radius 2 is 1.93 bits per heavy atom. The Balaban J connectivity index is 4.07. The number of methoxy groups -OCH3 is 1. The second kappa shape index (κ2) is 9.13. The van der Waals surface area contributed by atoms with Gasteiger partial charge in [-0.05, 0) is 39.7 Å². The molecule has 3 heteroatoms. The third kappa shape index (κ3) is 6.13. The molecular weight excluding hydrogens is 188 g/mol. The van der Waals surface area contributed by atoms with E-state index in [2.05, 4.69) is 25.7 Å². The van der Waals surface area contributed by atoms with Gasteiger partial charge < -0.3 is 10.5 Å². The van der Waals surface area contributed by atoms with Gasteiger partial charge in [-0.25, -0.2) is 0 Å². The summed E-state index contributed by atoms with van der Waals surface area (Å²) in [6, 6.07) is 1.24. The molecule has 3 nitrogen and oxygen atoms in total. The highest BCUT2D eigenvalue weighted by molar-refractivity contribution is 4.73. The lowest BCUT2D eigenvalue weighted by Gasteiger charge is -2.34. The van der Waals surface area contributed by atoms with Crippen molar-refractivity contribution in [2.75, 3.05) is 26.8 Å². The maximum absolute atomic E-state index is 5.54. The molecule has 0 radical (unpaired) electrons. The van der Waals surface area contributed by atoms with Crippen LogP contribution in [0.3, 0.4) is 0 Å². The third-order valence-electron chi connectivity index (χ3n) is 3.10. The standard InChI is InChI=1S/C12H28N2O/c1-5-11(2)14(9-10-15-4)12(3)7-6-8-13/h11-12H,5-10,13H2,1-4H3. The minimum Gasteiger partial charge on any atom is -0.383 e. The molecule has 2 atom stereocenters. The molecular formula is C12H28N2O. The highest BCUT2D eigenvalue weighted by Gasteiger charge is 2.17. The predicted octanol–water partition coefficient (Wildman–Crippen LogP) is 1.86. The fraction of sp³-hybridized carbons (Fsp3) is 1.00. The van der Waals surface area contributed by atoms with Gasteiger partial charge in [0.25, 0.3) is 0 Å². The van der Waals surface area contributed by atoms with E-state index in [0.29, 0.717) is 12.1 Å². The fourth-order valence-corrected chi connectivity index (χ4v) is 1.89. The van der Waals surface area contributed by atoms with Gasteiger partial charge in [0.05, 0.1) is 6.61 Å².